The Morgan fingerprint density at radius 2 is 2.00 bits per heavy atom. The zero-order valence-electron chi connectivity index (χ0n) is 12.6. The van der Waals surface area contributed by atoms with Gasteiger partial charge in [-0.2, -0.15) is 0 Å². The Hall–Kier alpha value is -3.63. The number of nitrogens with zero attached hydrogens (tertiary/aromatic N) is 4. The Bertz CT molecular complexity index is 786. The van der Waals surface area contributed by atoms with E-state index >= 15 is 0 Å². The van der Waals surface area contributed by atoms with Gasteiger partial charge in [0.25, 0.3) is 5.91 Å². The van der Waals surface area contributed by atoms with Crippen LogP contribution in [0.15, 0.2) is 23.3 Å². The molecular formula is C13H12N6O6. The lowest BCUT2D eigenvalue weighted by Crippen LogP contribution is -2.38. The van der Waals surface area contributed by atoms with Gasteiger partial charge in [0.05, 0.1) is 5.56 Å². The van der Waals surface area contributed by atoms with Crippen molar-refractivity contribution in [1.82, 2.24) is 10.3 Å². The molecule has 0 aromatic heterocycles. The Morgan fingerprint density at radius 3 is 2.52 bits per heavy atom. The van der Waals surface area contributed by atoms with Crippen LogP contribution < -0.4 is 11.3 Å². The molecule has 1 aromatic rings. The molecule has 12 nitrogen and oxygen atoms in total. The molecule has 12 heteroatoms. The number of amides is 3. The first-order valence-electron chi connectivity index (χ1n) is 6.83. The average molecular weight is 348 g/mol. The number of nitrogens with one attached hydrogen (secondary N) is 1. The van der Waals surface area contributed by atoms with E-state index in [1.54, 1.807) is 0 Å². The minimum Gasteiger partial charge on any atom is -0.450 e. The van der Waals surface area contributed by atoms with Crippen LogP contribution in [0.25, 0.3) is 10.4 Å². The van der Waals surface area contributed by atoms with Gasteiger partial charge in [0.2, 0.25) is 18.0 Å². The number of carbonyl (C=O) groups is 4. The van der Waals surface area contributed by atoms with Gasteiger partial charge in [-0.05, 0) is 11.6 Å². The summed E-state index contributed by atoms with van der Waals surface area (Å²) in [5.74, 6) is 2.95. The second-order valence-corrected chi connectivity index (χ2v) is 4.83. The number of ether oxygens (including phenoxy) is 1. The minimum atomic E-state index is -1.75. The van der Waals surface area contributed by atoms with Gasteiger partial charge in [-0.3, -0.25) is 19.8 Å². The molecule has 4 N–H and O–H groups in total. The summed E-state index contributed by atoms with van der Waals surface area (Å²) in [4.78, 5) is 50.1. The number of carboxylic acid groups (broad SMARTS) is 1. The molecular weight excluding hydrogens is 336 g/mol. The van der Waals surface area contributed by atoms with Gasteiger partial charge in [-0.1, -0.05) is 17.2 Å². The first kappa shape index (κ1) is 17.7. The van der Waals surface area contributed by atoms with Gasteiger partial charge >= 0.3 is 6.16 Å². The summed E-state index contributed by atoms with van der Waals surface area (Å²) in [6.07, 6.45) is -3.63. The molecule has 1 atom stereocenters. The van der Waals surface area contributed by atoms with Crippen LogP contribution in [-0.2, 0) is 14.3 Å². The zero-order chi connectivity index (χ0) is 18.6. The maximum atomic E-state index is 12.0. The van der Waals surface area contributed by atoms with Crippen molar-refractivity contribution in [1.29, 1.82) is 0 Å². The van der Waals surface area contributed by atoms with Crippen molar-refractivity contribution in [3.63, 3.8) is 0 Å². The van der Waals surface area contributed by atoms with Crippen LogP contribution in [0.3, 0.4) is 0 Å². The number of hydrogen-bond acceptors (Lipinski definition) is 7. The van der Waals surface area contributed by atoms with Crippen LogP contribution in [0.1, 0.15) is 35.0 Å². The fraction of sp³-hybridized carbons (Fsp3) is 0.231. The molecule has 0 saturated carbocycles. The highest BCUT2D eigenvalue weighted by atomic mass is 16.7. The predicted molar refractivity (Wildman–Crippen MR) is 79.8 cm³/mol. The van der Waals surface area contributed by atoms with Crippen molar-refractivity contribution < 1.29 is 29.0 Å². The number of carbonyl (C=O) groups excluding carboxylic acids is 3. The van der Waals surface area contributed by atoms with Crippen molar-refractivity contribution in [3.8, 4) is 0 Å². The van der Waals surface area contributed by atoms with E-state index in [4.69, 9.17) is 16.5 Å². The summed E-state index contributed by atoms with van der Waals surface area (Å²) < 4.78 is 4.67. The first-order valence-corrected chi connectivity index (χ1v) is 6.83. The van der Waals surface area contributed by atoms with Gasteiger partial charge in [0.15, 0.2) is 0 Å². The van der Waals surface area contributed by atoms with Crippen molar-refractivity contribution in [2.75, 3.05) is 0 Å². The van der Waals surface area contributed by atoms with Gasteiger partial charge in [-0.25, -0.2) is 15.5 Å². The third-order valence-corrected chi connectivity index (χ3v) is 3.38. The van der Waals surface area contributed by atoms with Crippen molar-refractivity contribution in [2.45, 2.75) is 19.1 Å². The number of imide groups is 1. The molecule has 1 heterocycles. The van der Waals surface area contributed by atoms with Crippen LogP contribution in [0.5, 0.6) is 0 Å². The molecule has 130 valence electrons. The fourth-order valence-corrected chi connectivity index (χ4v) is 2.35. The number of likely N-dealkylation sites (tertiary alicyclic amines) is 1. The first-order chi connectivity index (χ1) is 11.9. The summed E-state index contributed by atoms with van der Waals surface area (Å²) in [5.41, 5.74) is 10.0. The van der Waals surface area contributed by atoms with Crippen LogP contribution in [0, 0.1) is 0 Å². The van der Waals surface area contributed by atoms with Crippen molar-refractivity contribution in [2.24, 2.45) is 11.0 Å². The number of hydrazine groups is 1. The third-order valence-electron chi connectivity index (χ3n) is 3.38. The van der Waals surface area contributed by atoms with Crippen LogP contribution in [0.4, 0.5) is 10.5 Å². The number of hydrogen-bond donors (Lipinski definition) is 3. The molecule has 1 aromatic carbocycles. The molecule has 1 unspecified atom stereocenters. The average Bonchev–Trinajstić information content (AvgIpc) is 2.91. The highest BCUT2D eigenvalue weighted by Crippen LogP contribution is 2.32. The summed E-state index contributed by atoms with van der Waals surface area (Å²) >= 11 is 0. The van der Waals surface area contributed by atoms with E-state index in [2.05, 4.69) is 14.8 Å². The van der Waals surface area contributed by atoms with Crippen molar-refractivity contribution >= 4 is 29.6 Å². The van der Waals surface area contributed by atoms with E-state index in [0.717, 1.165) is 6.07 Å². The van der Waals surface area contributed by atoms with E-state index in [1.165, 1.54) is 12.1 Å². The summed E-state index contributed by atoms with van der Waals surface area (Å²) in [7, 11) is 0. The molecule has 1 fully saturated rings. The number of rotatable bonds is 5. The van der Waals surface area contributed by atoms with E-state index < -0.39 is 30.1 Å². The number of nitrogens with two attached hydrogens (primary N) is 1. The predicted octanol–water partition coefficient (Wildman–Crippen LogP) is 1.07. The Balaban J connectivity index is 2.61. The third kappa shape index (κ3) is 3.65. The lowest BCUT2D eigenvalue weighted by molar-refractivity contribution is -0.151. The van der Waals surface area contributed by atoms with Gasteiger partial charge in [0.1, 0.15) is 0 Å². The minimum absolute atomic E-state index is 0.0398. The highest BCUT2D eigenvalue weighted by Gasteiger charge is 2.39. The van der Waals surface area contributed by atoms with Gasteiger partial charge in [-0.15, -0.1) is 0 Å². The SMILES string of the molecule is [N-]=[N+]=Nc1ccc(C(OC(=O)O)N2C(=O)CCC2=O)c(C(=O)NN)c1. The second-order valence-electron chi connectivity index (χ2n) is 4.83. The molecule has 1 aliphatic heterocycles. The monoisotopic (exact) mass is 348 g/mol. The molecule has 2 rings (SSSR count). The Labute approximate surface area is 139 Å². The van der Waals surface area contributed by atoms with E-state index in [0.29, 0.717) is 4.90 Å². The standard InChI is InChI=1S/C13H12N6O6/c14-16-11(22)8-5-6(17-18-15)1-2-7(8)12(25-13(23)24)19-9(20)3-4-10(19)21/h1-2,5,12H,3-4,14H2,(H,16,22)(H,23,24). The number of nitrogen functional groups attached to an aromatic ring is 1. The molecule has 0 bridgehead atoms. The van der Waals surface area contributed by atoms with E-state index in [1.807, 2.05) is 5.43 Å². The largest absolute Gasteiger partial charge is 0.507 e. The number of azide groups is 1. The van der Waals surface area contributed by atoms with E-state index in [9.17, 15) is 19.2 Å². The van der Waals surface area contributed by atoms with Gasteiger partial charge in [0, 0.05) is 29.0 Å². The molecule has 25 heavy (non-hydrogen) atoms. The summed E-state index contributed by atoms with van der Waals surface area (Å²) in [6, 6.07) is 3.60. The maximum absolute atomic E-state index is 12.0. The normalized spacial score (nSPS) is 14.7. The summed E-state index contributed by atoms with van der Waals surface area (Å²) in [6.45, 7) is 0. The quantitative estimate of drug-likeness (QED) is 0.104. The van der Waals surface area contributed by atoms with Gasteiger partial charge < -0.3 is 9.84 Å². The smallest absolute Gasteiger partial charge is 0.450 e. The topological polar surface area (TPSA) is 188 Å². The highest BCUT2D eigenvalue weighted by molar-refractivity contribution is 6.03. The zero-order valence-corrected chi connectivity index (χ0v) is 12.6. The lowest BCUT2D eigenvalue weighted by Gasteiger charge is -2.26. The second kappa shape index (κ2) is 7.29. The summed E-state index contributed by atoms with van der Waals surface area (Å²) in [5, 5.41) is 12.3. The molecule has 0 spiro atoms. The Kier molecular flexibility index (Phi) is 5.17. The van der Waals surface area contributed by atoms with Crippen molar-refractivity contribution in [3.05, 3.63) is 39.8 Å². The van der Waals surface area contributed by atoms with Crippen LogP contribution >= 0.6 is 0 Å². The molecule has 3 amide bonds. The molecule has 1 aliphatic rings. The van der Waals surface area contributed by atoms with E-state index in [-0.39, 0.29) is 29.7 Å². The molecule has 0 radical (unpaired) electrons. The lowest BCUT2D eigenvalue weighted by atomic mass is 10.0. The molecule has 1 saturated heterocycles. The Morgan fingerprint density at radius 1 is 1.36 bits per heavy atom. The maximum Gasteiger partial charge on any atom is 0.507 e. The fourth-order valence-electron chi connectivity index (χ4n) is 2.35. The number of benzene rings is 1. The van der Waals surface area contributed by atoms with Crippen LogP contribution in [-0.4, -0.2) is 33.9 Å². The molecule has 0 aliphatic carbocycles. The van der Waals surface area contributed by atoms with Crippen LogP contribution in [0.2, 0.25) is 0 Å².